The van der Waals surface area contributed by atoms with Crippen LogP contribution in [0.4, 0.5) is 9.18 Å². The van der Waals surface area contributed by atoms with Crippen LogP contribution in [0.15, 0.2) is 89.3 Å². The summed E-state index contributed by atoms with van der Waals surface area (Å²) in [6, 6.07) is 25.3. The van der Waals surface area contributed by atoms with Crippen molar-refractivity contribution in [2.45, 2.75) is 39.0 Å². The van der Waals surface area contributed by atoms with Crippen LogP contribution in [0.3, 0.4) is 0 Å². The molecule has 0 fully saturated rings. The van der Waals surface area contributed by atoms with Crippen molar-refractivity contribution >= 4 is 34.0 Å². The molecule has 210 valence electrons. The molecule has 1 aromatic heterocycles. The van der Waals surface area contributed by atoms with Crippen molar-refractivity contribution in [2.75, 3.05) is 6.61 Å². The number of carbonyl (C=O) groups is 2. The summed E-state index contributed by atoms with van der Waals surface area (Å²) in [5, 5.41) is 13.7. The maximum atomic E-state index is 15.1. The molecule has 0 saturated carbocycles. The zero-order valence-electron chi connectivity index (χ0n) is 22.9. The second-order valence-corrected chi connectivity index (χ2v) is 10.7. The van der Waals surface area contributed by atoms with Crippen LogP contribution in [-0.4, -0.2) is 35.4 Å². The Morgan fingerprint density at radius 3 is 2.37 bits per heavy atom. The summed E-state index contributed by atoms with van der Waals surface area (Å²) in [5.74, 6) is -1.77. The number of carboxylic acid groups (broad SMARTS) is 1. The van der Waals surface area contributed by atoms with Crippen molar-refractivity contribution in [3.63, 3.8) is 0 Å². The van der Waals surface area contributed by atoms with Crippen molar-refractivity contribution < 1.29 is 33.0 Å². The summed E-state index contributed by atoms with van der Waals surface area (Å²) in [6.45, 7) is 4.49. The molecule has 0 spiro atoms. The number of hydrogen-bond donors (Lipinski definition) is 2. The first-order valence-corrected chi connectivity index (χ1v) is 13.2. The van der Waals surface area contributed by atoms with Gasteiger partial charge in [-0.2, -0.15) is 0 Å². The standard InChI is InChI=1S/C33H30FNO6/c1-33(2,3)41-32(38)35-28(31(36)37)19-39-18-23-15-14-21(17-27(23)34)20-8-6-9-22(16-20)24-11-7-12-26-25-10-4-5-13-29(25)40-30(24)26/h4-17,28H,18-19H2,1-3H3,(H,35,38)(H,36,37). The van der Waals surface area contributed by atoms with Crippen molar-refractivity contribution in [3.8, 4) is 22.3 Å². The van der Waals surface area contributed by atoms with E-state index in [1.807, 2.05) is 66.7 Å². The Hall–Kier alpha value is -4.69. The Balaban J connectivity index is 1.30. The van der Waals surface area contributed by atoms with Gasteiger partial charge in [-0.3, -0.25) is 0 Å². The van der Waals surface area contributed by atoms with E-state index in [1.165, 1.54) is 6.07 Å². The number of halogens is 1. The lowest BCUT2D eigenvalue weighted by Crippen LogP contribution is -2.46. The van der Waals surface area contributed by atoms with E-state index in [1.54, 1.807) is 32.9 Å². The van der Waals surface area contributed by atoms with E-state index < -0.39 is 29.5 Å². The number of rotatable bonds is 8. The lowest BCUT2D eigenvalue weighted by Gasteiger charge is -2.22. The molecule has 0 aliphatic carbocycles. The van der Waals surface area contributed by atoms with Gasteiger partial charge in [0.05, 0.1) is 13.2 Å². The molecule has 0 bridgehead atoms. The maximum absolute atomic E-state index is 15.1. The molecule has 7 nitrogen and oxygen atoms in total. The molecular formula is C33H30FNO6. The fourth-order valence-electron chi connectivity index (χ4n) is 4.60. The predicted molar refractivity (Wildman–Crippen MR) is 155 cm³/mol. The van der Waals surface area contributed by atoms with E-state index in [9.17, 15) is 14.7 Å². The summed E-state index contributed by atoms with van der Waals surface area (Å²) in [7, 11) is 0. The van der Waals surface area contributed by atoms with Gasteiger partial charge in [-0.25, -0.2) is 14.0 Å². The second-order valence-electron chi connectivity index (χ2n) is 10.7. The Morgan fingerprint density at radius 2 is 1.61 bits per heavy atom. The summed E-state index contributed by atoms with van der Waals surface area (Å²) in [4.78, 5) is 23.5. The fraction of sp³-hybridized carbons (Fsp3) is 0.212. The van der Waals surface area contributed by atoms with Crippen LogP contribution in [0.25, 0.3) is 44.2 Å². The van der Waals surface area contributed by atoms with Crippen LogP contribution in [0.2, 0.25) is 0 Å². The van der Waals surface area contributed by atoms with E-state index in [4.69, 9.17) is 13.9 Å². The van der Waals surface area contributed by atoms with E-state index in [2.05, 4.69) is 5.32 Å². The maximum Gasteiger partial charge on any atom is 0.408 e. The molecule has 1 atom stereocenters. The number of aliphatic carboxylic acids is 1. The topological polar surface area (TPSA) is 98.0 Å². The number of benzene rings is 4. The summed E-state index contributed by atoms with van der Waals surface area (Å²) in [6.07, 6.45) is -0.872. The largest absolute Gasteiger partial charge is 0.480 e. The Morgan fingerprint density at radius 1 is 0.902 bits per heavy atom. The van der Waals surface area contributed by atoms with E-state index in [0.29, 0.717) is 5.56 Å². The zero-order valence-corrected chi connectivity index (χ0v) is 22.9. The Labute approximate surface area is 236 Å². The molecule has 1 heterocycles. The molecule has 8 heteroatoms. The lowest BCUT2D eigenvalue weighted by atomic mass is 9.97. The fourth-order valence-corrected chi connectivity index (χ4v) is 4.60. The van der Waals surface area contributed by atoms with Gasteiger partial charge in [-0.05, 0) is 55.7 Å². The van der Waals surface area contributed by atoms with Crippen LogP contribution >= 0.6 is 0 Å². The van der Waals surface area contributed by atoms with E-state index in [0.717, 1.165) is 38.6 Å². The van der Waals surface area contributed by atoms with Gasteiger partial charge >= 0.3 is 12.1 Å². The molecule has 0 aliphatic rings. The monoisotopic (exact) mass is 555 g/mol. The van der Waals surface area contributed by atoms with Gasteiger partial charge in [0.2, 0.25) is 0 Å². The first-order chi connectivity index (χ1) is 19.6. The SMILES string of the molecule is CC(C)(C)OC(=O)NC(COCc1ccc(-c2cccc(-c3cccc4c3oc3ccccc34)c2)cc1F)C(=O)O. The number of amides is 1. The zero-order chi connectivity index (χ0) is 29.1. The number of para-hydroxylation sites is 2. The third-order valence-corrected chi connectivity index (χ3v) is 6.50. The molecule has 0 aliphatic heterocycles. The molecule has 0 radical (unpaired) electrons. The highest BCUT2D eigenvalue weighted by Gasteiger charge is 2.24. The molecule has 5 aromatic rings. The first kappa shape index (κ1) is 27.9. The smallest absolute Gasteiger partial charge is 0.408 e. The average molecular weight is 556 g/mol. The van der Waals surface area contributed by atoms with Gasteiger partial charge in [0.1, 0.15) is 22.6 Å². The van der Waals surface area contributed by atoms with Crippen molar-refractivity contribution in [3.05, 3.63) is 96.3 Å². The lowest BCUT2D eigenvalue weighted by molar-refractivity contribution is -0.141. The van der Waals surface area contributed by atoms with Gasteiger partial charge in [0.25, 0.3) is 0 Å². The van der Waals surface area contributed by atoms with Gasteiger partial charge in [-0.1, -0.05) is 66.7 Å². The molecule has 4 aromatic carbocycles. The first-order valence-electron chi connectivity index (χ1n) is 13.2. The number of carboxylic acids is 1. The second kappa shape index (κ2) is 11.4. The third kappa shape index (κ3) is 6.39. The quantitative estimate of drug-likeness (QED) is 0.205. The van der Waals surface area contributed by atoms with Crippen molar-refractivity contribution in [2.24, 2.45) is 0 Å². The van der Waals surface area contributed by atoms with Crippen LogP contribution in [0, 0.1) is 5.82 Å². The predicted octanol–water partition coefficient (Wildman–Crippen LogP) is 7.55. The van der Waals surface area contributed by atoms with Crippen LogP contribution < -0.4 is 5.32 Å². The highest BCUT2D eigenvalue weighted by atomic mass is 19.1. The number of ether oxygens (including phenoxy) is 2. The van der Waals surface area contributed by atoms with E-state index >= 15 is 4.39 Å². The number of alkyl carbamates (subject to hydrolysis) is 1. The van der Waals surface area contributed by atoms with Gasteiger partial charge in [-0.15, -0.1) is 0 Å². The molecule has 5 rings (SSSR count). The Bertz CT molecular complexity index is 1740. The van der Waals surface area contributed by atoms with Gasteiger partial charge in [0, 0.05) is 21.9 Å². The molecular weight excluding hydrogens is 525 g/mol. The molecule has 0 saturated heterocycles. The minimum absolute atomic E-state index is 0.167. The third-order valence-electron chi connectivity index (χ3n) is 6.50. The van der Waals surface area contributed by atoms with Crippen LogP contribution in [0.5, 0.6) is 0 Å². The number of nitrogens with one attached hydrogen (secondary N) is 1. The van der Waals surface area contributed by atoms with Crippen LogP contribution in [-0.2, 0) is 20.9 Å². The van der Waals surface area contributed by atoms with Gasteiger partial charge < -0.3 is 24.3 Å². The van der Waals surface area contributed by atoms with Gasteiger partial charge in [0.15, 0.2) is 6.04 Å². The molecule has 41 heavy (non-hydrogen) atoms. The number of hydrogen-bond acceptors (Lipinski definition) is 5. The number of fused-ring (bicyclic) bond motifs is 3. The minimum atomic E-state index is -1.34. The van der Waals surface area contributed by atoms with Crippen molar-refractivity contribution in [1.29, 1.82) is 0 Å². The highest BCUT2D eigenvalue weighted by Crippen LogP contribution is 2.37. The van der Waals surface area contributed by atoms with E-state index in [-0.39, 0.29) is 18.8 Å². The minimum Gasteiger partial charge on any atom is -0.480 e. The molecule has 1 unspecified atom stereocenters. The highest BCUT2D eigenvalue weighted by molar-refractivity contribution is 6.09. The molecule has 1 amide bonds. The van der Waals surface area contributed by atoms with Crippen molar-refractivity contribution in [1.82, 2.24) is 5.32 Å². The average Bonchev–Trinajstić information content (AvgIpc) is 3.31. The number of furan rings is 1. The summed E-state index contributed by atoms with van der Waals surface area (Å²) < 4.78 is 31.8. The summed E-state index contributed by atoms with van der Waals surface area (Å²) >= 11 is 0. The normalized spacial score (nSPS) is 12.4. The Kier molecular flexibility index (Phi) is 7.77. The molecule has 2 N–H and O–H groups in total. The van der Waals surface area contributed by atoms with Crippen LogP contribution in [0.1, 0.15) is 26.3 Å². The summed E-state index contributed by atoms with van der Waals surface area (Å²) in [5.41, 5.74) is 4.50. The number of carbonyl (C=O) groups excluding carboxylic acids is 1.